The molecule has 2 aromatic rings. The molecule has 1 aromatic carbocycles. The predicted octanol–water partition coefficient (Wildman–Crippen LogP) is 0.812. The molecule has 0 unspecified atom stereocenters. The van der Waals surface area contributed by atoms with Crippen molar-refractivity contribution in [3.8, 4) is 6.01 Å². The lowest BCUT2D eigenvalue weighted by molar-refractivity contribution is -0.135. The van der Waals surface area contributed by atoms with Gasteiger partial charge in [0, 0.05) is 6.54 Å². The number of benzene rings is 1. The van der Waals surface area contributed by atoms with E-state index in [-0.39, 0.29) is 18.5 Å². The number of nitrogens with zero attached hydrogens (tertiary/aromatic N) is 3. The molecule has 6 heteroatoms. The fraction of sp³-hybridized carbons (Fsp3) is 0.250. The summed E-state index contributed by atoms with van der Waals surface area (Å²) in [4.78, 5) is 24.6. The minimum absolute atomic E-state index is 0.195. The first-order valence-corrected chi connectivity index (χ1v) is 5.71. The highest BCUT2D eigenvalue weighted by Gasteiger charge is 2.14. The molecule has 0 radical (unpaired) electrons. The van der Waals surface area contributed by atoms with E-state index in [0.29, 0.717) is 0 Å². The number of ether oxygens (including phenoxy) is 1. The molecule has 0 saturated heterocycles. The van der Waals surface area contributed by atoms with Crippen LogP contribution < -0.4 is 4.74 Å². The number of aliphatic imine (C=N–C) groups is 1. The van der Waals surface area contributed by atoms with Gasteiger partial charge in [-0.2, -0.15) is 4.98 Å². The number of carbonyl (C=O) groups excluding carboxylic acids is 1. The van der Waals surface area contributed by atoms with E-state index in [1.807, 2.05) is 29.2 Å². The number of para-hydroxylation sites is 2. The zero-order valence-corrected chi connectivity index (χ0v) is 9.67. The summed E-state index contributed by atoms with van der Waals surface area (Å²) in [5.41, 5.74) is 1.63. The van der Waals surface area contributed by atoms with Crippen molar-refractivity contribution in [2.24, 2.45) is 4.99 Å². The number of aromatic nitrogens is 2. The number of rotatable bonds is 3. The van der Waals surface area contributed by atoms with Crippen LogP contribution in [0.2, 0.25) is 0 Å². The molecule has 6 nitrogen and oxygen atoms in total. The molecule has 0 amide bonds. The van der Waals surface area contributed by atoms with Crippen LogP contribution in [0.15, 0.2) is 29.3 Å². The van der Waals surface area contributed by atoms with Crippen LogP contribution in [-0.2, 0) is 4.79 Å². The highest BCUT2D eigenvalue weighted by atomic mass is 16.5. The fourth-order valence-corrected chi connectivity index (χ4v) is 1.82. The molecular formula is C12H12N4O2. The summed E-state index contributed by atoms with van der Waals surface area (Å²) in [5, 5.41) is 0. The van der Waals surface area contributed by atoms with E-state index >= 15 is 0 Å². The van der Waals surface area contributed by atoms with E-state index in [1.165, 1.54) is 0 Å². The number of imidazole rings is 1. The lowest BCUT2D eigenvalue weighted by Gasteiger charge is -2.11. The topological polar surface area (TPSA) is 70.6 Å². The fourth-order valence-electron chi connectivity index (χ4n) is 1.82. The maximum atomic E-state index is 11.7. The average Bonchev–Trinajstić information content (AvgIpc) is 2.96. The summed E-state index contributed by atoms with van der Waals surface area (Å²) < 4.78 is 5.15. The Morgan fingerprint density at radius 3 is 3.11 bits per heavy atom. The van der Waals surface area contributed by atoms with Gasteiger partial charge in [-0.15, -0.1) is 0 Å². The SMILES string of the molecule is O=C(CN1C=NCC1)Oc1nc2ccccc2[nH]1. The molecule has 0 saturated carbocycles. The highest BCUT2D eigenvalue weighted by molar-refractivity contribution is 5.79. The monoisotopic (exact) mass is 244 g/mol. The number of esters is 1. The van der Waals surface area contributed by atoms with Crippen LogP contribution in [0.4, 0.5) is 0 Å². The maximum absolute atomic E-state index is 11.7. The van der Waals surface area contributed by atoms with Gasteiger partial charge >= 0.3 is 12.0 Å². The first kappa shape index (κ1) is 10.8. The van der Waals surface area contributed by atoms with Gasteiger partial charge in [-0.25, -0.2) is 4.79 Å². The number of H-pyrrole nitrogens is 1. The van der Waals surface area contributed by atoms with Gasteiger partial charge in [0.25, 0.3) is 0 Å². The summed E-state index contributed by atoms with van der Waals surface area (Å²) in [6.45, 7) is 1.69. The van der Waals surface area contributed by atoms with Crippen molar-refractivity contribution < 1.29 is 9.53 Å². The van der Waals surface area contributed by atoms with E-state index in [1.54, 1.807) is 6.34 Å². The Morgan fingerprint density at radius 2 is 2.33 bits per heavy atom. The largest absolute Gasteiger partial charge is 0.391 e. The second kappa shape index (κ2) is 4.48. The van der Waals surface area contributed by atoms with Crippen molar-refractivity contribution in [1.29, 1.82) is 0 Å². The van der Waals surface area contributed by atoms with Crippen LogP contribution in [0.25, 0.3) is 11.0 Å². The summed E-state index contributed by atoms with van der Waals surface area (Å²) in [6, 6.07) is 7.75. The van der Waals surface area contributed by atoms with Gasteiger partial charge in [0.05, 0.1) is 23.9 Å². The Bertz CT molecular complexity index is 572. The molecule has 1 aromatic heterocycles. The predicted molar refractivity (Wildman–Crippen MR) is 66.7 cm³/mol. The third-order valence-electron chi connectivity index (χ3n) is 2.67. The van der Waals surface area contributed by atoms with Crippen molar-refractivity contribution in [3.63, 3.8) is 0 Å². The third kappa shape index (κ3) is 2.17. The third-order valence-corrected chi connectivity index (χ3v) is 2.67. The Morgan fingerprint density at radius 1 is 1.44 bits per heavy atom. The van der Waals surface area contributed by atoms with Gasteiger partial charge in [-0.05, 0) is 12.1 Å². The molecule has 0 spiro atoms. The van der Waals surface area contributed by atoms with E-state index in [2.05, 4.69) is 15.0 Å². The summed E-state index contributed by atoms with van der Waals surface area (Å²) in [5.74, 6) is -0.345. The summed E-state index contributed by atoms with van der Waals surface area (Å²) >= 11 is 0. The number of hydrogen-bond acceptors (Lipinski definition) is 5. The lowest BCUT2D eigenvalue weighted by atomic mass is 10.3. The molecule has 0 aliphatic carbocycles. The summed E-state index contributed by atoms with van der Waals surface area (Å²) in [6.07, 6.45) is 1.67. The molecule has 1 aliphatic heterocycles. The van der Waals surface area contributed by atoms with Crippen LogP contribution in [-0.4, -0.2) is 46.8 Å². The van der Waals surface area contributed by atoms with E-state index in [0.717, 1.165) is 24.1 Å². The Balaban J connectivity index is 1.68. The quantitative estimate of drug-likeness (QED) is 0.811. The zero-order chi connectivity index (χ0) is 12.4. The van der Waals surface area contributed by atoms with Gasteiger partial charge in [0.15, 0.2) is 0 Å². The Hall–Kier alpha value is -2.37. The van der Waals surface area contributed by atoms with Crippen molar-refractivity contribution in [2.45, 2.75) is 0 Å². The van der Waals surface area contributed by atoms with Crippen molar-refractivity contribution in [2.75, 3.05) is 19.6 Å². The van der Waals surface area contributed by atoms with Crippen LogP contribution in [0, 0.1) is 0 Å². The van der Waals surface area contributed by atoms with Gasteiger partial charge in [-0.1, -0.05) is 12.1 Å². The number of aromatic amines is 1. The number of hydrogen-bond donors (Lipinski definition) is 1. The van der Waals surface area contributed by atoms with Gasteiger partial charge in [-0.3, -0.25) is 4.99 Å². The Kier molecular flexibility index (Phi) is 2.68. The lowest BCUT2D eigenvalue weighted by Crippen LogP contribution is -2.30. The molecule has 92 valence electrons. The standard InChI is InChI=1S/C12H12N4O2/c17-11(7-16-6-5-13-8-16)18-12-14-9-3-1-2-4-10(9)15-12/h1-4,8H,5-7H2,(H,14,15). The first-order chi connectivity index (χ1) is 8.81. The molecule has 2 heterocycles. The van der Waals surface area contributed by atoms with Gasteiger partial charge in [0.1, 0.15) is 6.54 Å². The number of fused-ring (bicyclic) bond motifs is 1. The van der Waals surface area contributed by atoms with E-state index < -0.39 is 0 Å². The van der Waals surface area contributed by atoms with Crippen LogP contribution >= 0.6 is 0 Å². The van der Waals surface area contributed by atoms with E-state index in [9.17, 15) is 4.79 Å². The smallest absolute Gasteiger partial charge is 0.333 e. The Labute approximate surface area is 103 Å². The van der Waals surface area contributed by atoms with E-state index in [4.69, 9.17) is 4.74 Å². The number of carbonyl (C=O) groups is 1. The van der Waals surface area contributed by atoms with Gasteiger partial charge in [0.2, 0.25) is 0 Å². The van der Waals surface area contributed by atoms with Gasteiger partial charge < -0.3 is 14.6 Å². The molecular weight excluding hydrogens is 232 g/mol. The van der Waals surface area contributed by atoms with Crippen LogP contribution in [0.1, 0.15) is 0 Å². The first-order valence-electron chi connectivity index (χ1n) is 5.71. The second-order valence-electron chi connectivity index (χ2n) is 4.03. The molecule has 0 atom stereocenters. The second-order valence-corrected chi connectivity index (χ2v) is 4.03. The summed E-state index contributed by atoms with van der Waals surface area (Å²) in [7, 11) is 0. The van der Waals surface area contributed by atoms with Crippen LogP contribution in [0.5, 0.6) is 6.01 Å². The minimum Gasteiger partial charge on any atom is -0.391 e. The van der Waals surface area contributed by atoms with Crippen molar-refractivity contribution in [3.05, 3.63) is 24.3 Å². The van der Waals surface area contributed by atoms with Crippen molar-refractivity contribution in [1.82, 2.24) is 14.9 Å². The van der Waals surface area contributed by atoms with Crippen LogP contribution in [0.3, 0.4) is 0 Å². The number of nitrogens with one attached hydrogen (secondary N) is 1. The molecule has 0 bridgehead atoms. The maximum Gasteiger partial charge on any atom is 0.333 e. The molecule has 1 N–H and O–H groups in total. The highest BCUT2D eigenvalue weighted by Crippen LogP contribution is 2.14. The van der Waals surface area contributed by atoms with Crippen molar-refractivity contribution >= 4 is 23.3 Å². The molecule has 0 fully saturated rings. The molecule has 3 rings (SSSR count). The normalized spacial score (nSPS) is 14.3. The average molecular weight is 244 g/mol. The molecule has 1 aliphatic rings. The minimum atomic E-state index is -0.345. The molecule has 18 heavy (non-hydrogen) atoms. The zero-order valence-electron chi connectivity index (χ0n) is 9.67.